The van der Waals surface area contributed by atoms with Crippen LogP contribution < -0.4 is 5.32 Å². The van der Waals surface area contributed by atoms with Gasteiger partial charge in [-0.05, 0) is 48.3 Å². The molecule has 1 unspecified atom stereocenters. The standard InChI is InChI=1S/C16H13ClFNS/c1-19-16(10-2-5-12(17)6-3-10)15-8-11-4-7-13(18)9-14(11)20-15/h2-9,16,19H,1H3. The highest BCUT2D eigenvalue weighted by molar-refractivity contribution is 7.19. The molecular formula is C16H13ClFNS. The van der Waals surface area contributed by atoms with Crippen molar-refractivity contribution in [3.63, 3.8) is 0 Å². The molecule has 0 saturated heterocycles. The molecule has 0 spiro atoms. The van der Waals surface area contributed by atoms with Gasteiger partial charge in [-0.3, -0.25) is 0 Å². The molecule has 0 radical (unpaired) electrons. The second kappa shape index (κ2) is 5.52. The summed E-state index contributed by atoms with van der Waals surface area (Å²) >= 11 is 7.54. The van der Waals surface area contributed by atoms with Gasteiger partial charge in [-0.25, -0.2) is 4.39 Å². The molecule has 3 rings (SSSR count). The van der Waals surface area contributed by atoms with Gasteiger partial charge in [-0.1, -0.05) is 29.8 Å². The lowest BCUT2D eigenvalue weighted by molar-refractivity contribution is 0.630. The molecule has 1 aromatic heterocycles. The number of halogens is 2. The highest BCUT2D eigenvalue weighted by Crippen LogP contribution is 2.33. The molecule has 20 heavy (non-hydrogen) atoms. The summed E-state index contributed by atoms with van der Waals surface area (Å²) in [6.45, 7) is 0. The molecule has 0 amide bonds. The quantitative estimate of drug-likeness (QED) is 0.718. The van der Waals surface area contributed by atoms with E-state index in [9.17, 15) is 4.39 Å². The van der Waals surface area contributed by atoms with Crippen molar-refractivity contribution < 1.29 is 4.39 Å². The van der Waals surface area contributed by atoms with Crippen molar-refractivity contribution in [1.82, 2.24) is 5.32 Å². The molecular weight excluding hydrogens is 293 g/mol. The monoisotopic (exact) mass is 305 g/mol. The van der Waals surface area contributed by atoms with Crippen LogP contribution in [0.5, 0.6) is 0 Å². The van der Waals surface area contributed by atoms with E-state index in [1.54, 1.807) is 17.4 Å². The zero-order valence-corrected chi connectivity index (χ0v) is 12.4. The SMILES string of the molecule is CNC(c1ccc(Cl)cc1)c1cc2ccc(F)cc2s1. The summed E-state index contributed by atoms with van der Waals surface area (Å²) in [7, 11) is 1.92. The third kappa shape index (κ3) is 2.57. The number of thiophene rings is 1. The smallest absolute Gasteiger partial charge is 0.124 e. The summed E-state index contributed by atoms with van der Waals surface area (Å²) < 4.78 is 14.2. The normalized spacial score (nSPS) is 12.8. The van der Waals surface area contributed by atoms with E-state index in [-0.39, 0.29) is 11.9 Å². The van der Waals surface area contributed by atoms with Crippen LogP contribution in [0.2, 0.25) is 5.02 Å². The summed E-state index contributed by atoms with van der Waals surface area (Å²) in [5, 5.41) is 5.10. The Morgan fingerprint density at radius 1 is 1.10 bits per heavy atom. The van der Waals surface area contributed by atoms with Crippen molar-refractivity contribution in [2.75, 3.05) is 7.05 Å². The summed E-state index contributed by atoms with van der Waals surface area (Å²) in [4.78, 5) is 1.16. The van der Waals surface area contributed by atoms with Gasteiger partial charge >= 0.3 is 0 Å². The number of hydrogen-bond donors (Lipinski definition) is 1. The molecule has 1 atom stereocenters. The topological polar surface area (TPSA) is 12.0 Å². The molecule has 0 fully saturated rings. The van der Waals surface area contributed by atoms with E-state index in [1.165, 1.54) is 6.07 Å². The second-order valence-electron chi connectivity index (χ2n) is 4.60. The van der Waals surface area contributed by atoms with Gasteiger partial charge in [0.05, 0.1) is 6.04 Å². The van der Waals surface area contributed by atoms with Crippen LogP contribution in [-0.2, 0) is 0 Å². The molecule has 1 nitrogen and oxygen atoms in total. The first-order chi connectivity index (χ1) is 9.67. The lowest BCUT2D eigenvalue weighted by atomic mass is 10.1. The number of nitrogens with one attached hydrogen (secondary N) is 1. The molecule has 0 aliphatic carbocycles. The number of benzene rings is 2. The number of rotatable bonds is 3. The van der Waals surface area contributed by atoms with Crippen LogP contribution in [0.4, 0.5) is 4.39 Å². The first kappa shape index (κ1) is 13.6. The predicted octanol–water partition coefficient (Wildman–Crippen LogP) is 5.00. The molecule has 0 aliphatic heterocycles. The third-order valence-electron chi connectivity index (χ3n) is 3.28. The lowest BCUT2D eigenvalue weighted by Crippen LogP contribution is -2.16. The van der Waals surface area contributed by atoms with E-state index in [4.69, 9.17) is 11.6 Å². The maximum absolute atomic E-state index is 13.3. The first-order valence-corrected chi connectivity index (χ1v) is 7.48. The highest BCUT2D eigenvalue weighted by Gasteiger charge is 2.15. The highest BCUT2D eigenvalue weighted by atomic mass is 35.5. The van der Waals surface area contributed by atoms with Crippen molar-refractivity contribution in [3.05, 3.63) is 69.8 Å². The van der Waals surface area contributed by atoms with Gasteiger partial charge in [0.2, 0.25) is 0 Å². The summed E-state index contributed by atoms with van der Waals surface area (Å²) in [5.74, 6) is -0.196. The van der Waals surface area contributed by atoms with Gasteiger partial charge in [0.1, 0.15) is 5.82 Å². The zero-order valence-electron chi connectivity index (χ0n) is 10.9. The molecule has 1 N–H and O–H groups in total. The van der Waals surface area contributed by atoms with Crippen molar-refractivity contribution in [1.29, 1.82) is 0 Å². The lowest BCUT2D eigenvalue weighted by Gasteiger charge is -2.14. The Labute approximate surface area is 126 Å². The molecule has 1 heterocycles. The van der Waals surface area contributed by atoms with Gasteiger partial charge in [0, 0.05) is 14.6 Å². The minimum Gasteiger partial charge on any atom is -0.309 e. The zero-order chi connectivity index (χ0) is 14.1. The fraction of sp³-hybridized carbons (Fsp3) is 0.125. The fourth-order valence-electron chi connectivity index (χ4n) is 2.30. The minimum absolute atomic E-state index is 0.0905. The van der Waals surface area contributed by atoms with Gasteiger partial charge < -0.3 is 5.32 Å². The fourth-order valence-corrected chi connectivity index (χ4v) is 3.65. The molecule has 102 valence electrons. The van der Waals surface area contributed by atoms with E-state index < -0.39 is 0 Å². The maximum atomic E-state index is 13.3. The van der Waals surface area contributed by atoms with E-state index in [1.807, 2.05) is 37.4 Å². The van der Waals surface area contributed by atoms with Crippen LogP contribution in [0.25, 0.3) is 10.1 Å². The molecule has 0 aliphatic rings. The summed E-state index contributed by atoms with van der Waals surface area (Å²) in [5.41, 5.74) is 1.14. The molecule has 3 aromatic rings. The summed E-state index contributed by atoms with van der Waals surface area (Å²) in [6, 6.07) is 14.9. The van der Waals surface area contributed by atoms with Gasteiger partial charge in [0.15, 0.2) is 0 Å². The van der Waals surface area contributed by atoms with E-state index >= 15 is 0 Å². The Balaban J connectivity index is 2.04. The van der Waals surface area contributed by atoms with Gasteiger partial charge in [-0.2, -0.15) is 0 Å². The van der Waals surface area contributed by atoms with Crippen LogP contribution in [-0.4, -0.2) is 7.05 Å². The first-order valence-electron chi connectivity index (χ1n) is 6.29. The van der Waals surface area contributed by atoms with Crippen LogP contribution in [0, 0.1) is 5.82 Å². The van der Waals surface area contributed by atoms with Gasteiger partial charge in [0.25, 0.3) is 0 Å². The van der Waals surface area contributed by atoms with Crippen molar-refractivity contribution in [3.8, 4) is 0 Å². The molecule has 0 bridgehead atoms. The average Bonchev–Trinajstić information content (AvgIpc) is 2.84. The Hall–Kier alpha value is -1.42. The van der Waals surface area contributed by atoms with Crippen molar-refractivity contribution in [2.24, 2.45) is 0 Å². The predicted molar refractivity (Wildman–Crippen MR) is 84.1 cm³/mol. The van der Waals surface area contributed by atoms with Crippen LogP contribution in [0.15, 0.2) is 48.5 Å². The van der Waals surface area contributed by atoms with E-state index in [2.05, 4.69) is 11.4 Å². The Morgan fingerprint density at radius 3 is 2.55 bits per heavy atom. The van der Waals surface area contributed by atoms with Crippen molar-refractivity contribution >= 4 is 33.0 Å². The molecule has 2 aromatic carbocycles. The van der Waals surface area contributed by atoms with Crippen LogP contribution in [0.1, 0.15) is 16.5 Å². The molecule has 0 saturated carbocycles. The summed E-state index contributed by atoms with van der Waals surface area (Å²) in [6.07, 6.45) is 0. The van der Waals surface area contributed by atoms with E-state index in [0.717, 1.165) is 25.5 Å². The van der Waals surface area contributed by atoms with E-state index in [0.29, 0.717) is 0 Å². The van der Waals surface area contributed by atoms with Crippen LogP contribution >= 0.6 is 22.9 Å². The van der Waals surface area contributed by atoms with Gasteiger partial charge in [-0.15, -0.1) is 11.3 Å². The Morgan fingerprint density at radius 2 is 1.85 bits per heavy atom. The second-order valence-corrected chi connectivity index (χ2v) is 6.16. The number of fused-ring (bicyclic) bond motifs is 1. The Kier molecular flexibility index (Phi) is 3.74. The van der Waals surface area contributed by atoms with Crippen molar-refractivity contribution in [2.45, 2.75) is 6.04 Å². The minimum atomic E-state index is -0.196. The maximum Gasteiger partial charge on any atom is 0.124 e. The number of hydrogen-bond acceptors (Lipinski definition) is 2. The van der Waals surface area contributed by atoms with Crippen LogP contribution in [0.3, 0.4) is 0 Å². The Bertz CT molecular complexity index is 736. The largest absolute Gasteiger partial charge is 0.309 e. The third-order valence-corrected chi connectivity index (χ3v) is 4.69. The molecule has 4 heteroatoms. The average molecular weight is 306 g/mol.